The molecule has 2 heterocycles. The van der Waals surface area contributed by atoms with E-state index in [9.17, 15) is 14.7 Å². The Morgan fingerprint density at radius 2 is 1.71 bits per heavy atom. The highest BCUT2D eigenvalue weighted by molar-refractivity contribution is 6.11. The first-order chi connectivity index (χ1) is 26.6. The number of ether oxygens (including phenoxy) is 5. The highest BCUT2D eigenvalue weighted by atomic mass is 19.1. The van der Waals surface area contributed by atoms with Crippen molar-refractivity contribution in [2.24, 2.45) is 0 Å². The minimum atomic E-state index is -1.20. The first-order valence-electron chi connectivity index (χ1n) is 17.5. The van der Waals surface area contributed by atoms with Gasteiger partial charge in [-0.25, -0.2) is 19.2 Å². The normalized spacial score (nSPS) is 12.5. The molecule has 3 atom stereocenters. The van der Waals surface area contributed by atoms with Crippen LogP contribution in [-0.2, 0) is 15.9 Å². The summed E-state index contributed by atoms with van der Waals surface area (Å²) >= 11 is 0. The molecule has 0 radical (unpaired) electrons. The van der Waals surface area contributed by atoms with E-state index in [-0.39, 0.29) is 66.4 Å². The highest BCUT2D eigenvalue weighted by Gasteiger charge is 2.30. The fourth-order valence-electron chi connectivity index (χ4n) is 5.49. The Balaban J connectivity index is 1.51. The summed E-state index contributed by atoms with van der Waals surface area (Å²) in [5, 5.41) is 25.1. The van der Waals surface area contributed by atoms with Crippen LogP contribution in [-0.4, -0.2) is 80.5 Å². The topological polar surface area (TPSA) is 193 Å². The van der Waals surface area contributed by atoms with Crippen molar-refractivity contribution in [2.75, 3.05) is 20.3 Å². The van der Waals surface area contributed by atoms with E-state index in [4.69, 9.17) is 29.1 Å². The van der Waals surface area contributed by atoms with Crippen molar-refractivity contribution >= 4 is 17.9 Å². The van der Waals surface area contributed by atoms with E-state index in [0.717, 1.165) is 6.42 Å². The molecule has 0 saturated carbocycles. The van der Waals surface area contributed by atoms with Crippen LogP contribution in [0.15, 0.2) is 85.2 Å². The number of carbonyl (C=O) groups is 2. The molecule has 0 aliphatic carbocycles. The predicted molar refractivity (Wildman–Crippen MR) is 197 cm³/mol. The number of aliphatic hydroxyl groups excluding tert-OH is 1. The number of amidine groups is 1. The van der Waals surface area contributed by atoms with Gasteiger partial charge in [0.05, 0.1) is 19.6 Å². The summed E-state index contributed by atoms with van der Waals surface area (Å²) in [6.45, 7) is 4.68. The molecule has 0 fully saturated rings. The Bertz CT molecular complexity index is 2050. The van der Waals surface area contributed by atoms with Crippen LogP contribution in [0, 0.1) is 11.2 Å². The smallest absolute Gasteiger partial charge is 0.497 e. The number of hydrogen-bond acceptors (Lipinski definition) is 13. The molecular weight excluding hydrogens is 713 g/mol. The van der Waals surface area contributed by atoms with Gasteiger partial charge in [0, 0.05) is 42.1 Å². The highest BCUT2D eigenvalue weighted by Crippen LogP contribution is 2.37. The van der Waals surface area contributed by atoms with Gasteiger partial charge in [0.25, 0.3) is 11.9 Å². The number of nitrogens with one attached hydrogen (secondary N) is 2. The number of halogens is 1. The zero-order valence-electron chi connectivity index (χ0n) is 30.8. The number of aromatic nitrogens is 5. The lowest BCUT2D eigenvalue weighted by atomic mass is 9.90. The van der Waals surface area contributed by atoms with Crippen LogP contribution in [0.2, 0.25) is 0 Å². The number of benzene rings is 3. The molecular formula is C39H42FN7O8. The Morgan fingerprint density at radius 3 is 2.38 bits per heavy atom. The minimum Gasteiger partial charge on any atom is -0.497 e. The van der Waals surface area contributed by atoms with Crippen molar-refractivity contribution in [3.63, 3.8) is 0 Å². The van der Waals surface area contributed by atoms with Gasteiger partial charge in [-0.2, -0.15) is 4.98 Å². The second-order valence-corrected chi connectivity index (χ2v) is 12.2. The SMILES string of the molecule is CCC[C@@H](C)OC(=O)OC(C)Oc1nc(C(Cc2ccc(C(=N)NC(=O)c3ccccc3)cc2)c2cc(OC)cc(OCCO)c2F)nn1-c1ncccn1. The fraction of sp³-hybridized carbons (Fsp3) is 0.308. The quantitative estimate of drug-likeness (QED) is 0.0450. The molecule has 5 aromatic rings. The molecule has 2 aromatic heterocycles. The number of carbonyl (C=O) groups excluding carboxylic acids is 2. The van der Waals surface area contributed by atoms with Gasteiger partial charge in [0.15, 0.2) is 17.4 Å². The Hall–Kier alpha value is -6.42. The predicted octanol–water partition coefficient (Wildman–Crippen LogP) is 5.77. The number of methoxy groups -OCH3 is 1. The molecule has 0 aliphatic rings. The molecule has 16 heteroatoms. The Kier molecular flexibility index (Phi) is 13.8. The molecule has 5 rings (SSSR count). The number of hydrogen-bond donors (Lipinski definition) is 3. The van der Waals surface area contributed by atoms with Crippen LogP contribution < -0.4 is 19.5 Å². The van der Waals surface area contributed by atoms with Gasteiger partial charge in [0.2, 0.25) is 6.29 Å². The first-order valence-corrected chi connectivity index (χ1v) is 17.5. The van der Waals surface area contributed by atoms with Crippen LogP contribution in [0.3, 0.4) is 0 Å². The summed E-state index contributed by atoms with van der Waals surface area (Å²) in [6.07, 6.45) is 2.06. The maximum atomic E-state index is 16.4. The van der Waals surface area contributed by atoms with E-state index < -0.39 is 30.1 Å². The van der Waals surface area contributed by atoms with E-state index >= 15 is 4.39 Å². The number of nitrogens with zero attached hydrogens (tertiary/aromatic N) is 5. The van der Waals surface area contributed by atoms with Gasteiger partial charge in [-0.1, -0.05) is 55.8 Å². The molecule has 2 unspecified atom stereocenters. The van der Waals surface area contributed by atoms with Gasteiger partial charge < -0.3 is 34.1 Å². The van der Waals surface area contributed by atoms with Crippen LogP contribution >= 0.6 is 0 Å². The van der Waals surface area contributed by atoms with Crippen LogP contribution in [0.4, 0.5) is 9.18 Å². The number of amides is 1. The van der Waals surface area contributed by atoms with Crippen molar-refractivity contribution in [3.05, 3.63) is 119 Å². The van der Waals surface area contributed by atoms with Crippen LogP contribution in [0.5, 0.6) is 17.5 Å². The van der Waals surface area contributed by atoms with E-state index in [1.165, 1.54) is 43.2 Å². The van der Waals surface area contributed by atoms with E-state index in [1.807, 2.05) is 6.92 Å². The van der Waals surface area contributed by atoms with Crippen molar-refractivity contribution in [1.82, 2.24) is 30.0 Å². The maximum absolute atomic E-state index is 16.4. The van der Waals surface area contributed by atoms with Crippen molar-refractivity contribution in [2.45, 2.75) is 58.3 Å². The fourth-order valence-corrected chi connectivity index (χ4v) is 5.49. The van der Waals surface area contributed by atoms with Gasteiger partial charge in [0.1, 0.15) is 24.3 Å². The number of aliphatic hydroxyl groups is 1. The molecule has 0 saturated heterocycles. The molecule has 0 bridgehead atoms. The van der Waals surface area contributed by atoms with Crippen molar-refractivity contribution in [3.8, 4) is 23.5 Å². The Labute approximate surface area is 316 Å². The summed E-state index contributed by atoms with van der Waals surface area (Å²) in [7, 11) is 1.42. The molecule has 0 spiro atoms. The molecule has 1 amide bonds. The summed E-state index contributed by atoms with van der Waals surface area (Å²) in [5.74, 6) is -1.95. The lowest BCUT2D eigenvalue weighted by molar-refractivity contribution is -0.0675. The first kappa shape index (κ1) is 39.8. The summed E-state index contributed by atoms with van der Waals surface area (Å²) in [5.41, 5.74) is 1.63. The average molecular weight is 756 g/mol. The van der Waals surface area contributed by atoms with E-state index in [1.54, 1.807) is 67.6 Å². The summed E-state index contributed by atoms with van der Waals surface area (Å²) in [6, 6.07) is 19.7. The molecule has 3 N–H and O–H groups in total. The zero-order valence-corrected chi connectivity index (χ0v) is 30.8. The van der Waals surface area contributed by atoms with Gasteiger partial charge >= 0.3 is 12.2 Å². The standard InChI is InChI=1S/C39H42FN7O8/c1-5-10-24(2)53-39(50)55-25(3)54-38-45-35(46-47(38)37-42-17-9-18-43-37)31(30-22-29(51-4)23-32(33(30)40)52-20-19-48)21-26-13-15-27(16-14-26)34(41)44-36(49)28-11-7-6-8-12-28/h6-9,11-18,22-25,31,48H,5,10,19-21H2,1-4H3,(H2,41,44,49)/t24-,25?,31?/m1/s1. The average Bonchev–Trinajstić information content (AvgIpc) is 3.60. The largest absolute Gasteiger partial charge is 0.511 e. The van der Waals surface area contributed by atoms with E-state index in [2.05, 4.69) is 25.4 Å². The van der Waals surface area contributed by atoms with Crippen LogP contribution in [0.1, 0.15) is 72.4 Å². The van der Waals surface area contributed by atoms with Gasteiger partial charge in [-0.05, 0) is 49.6 Å². The third-order valence-corrected chi connectivity index (χ3v) is 8.13. The lowest BCUT2D eigenvalue weighted by Gasteiger charge is -2.19. The number of rotatable bonds is 17. The van der Waals surface area contributed by atoms with E-state index in [0.29, 0.717) is 23.1 Å². The molecule has 288 valence electrons. The maximum Gasteiger partial charge on any atom is 0.511 e. The molecule has 3 aromatic carbocycles. The van der Waals surface area contributed by atoms with Gasteiger partial charge in [-0.15, -0.1) is 9.78 Å². The second-order valence-electron chi connectivity index (χ2n) is 12.2. The molecule has 55 heavy (non-hydrogen) atoms. The molecule has 0 aliphatic heterocycles. The summed E-state index contributed by atoms with van der Waals surface area (Å²) in [4.78, 5) is 38.3. The minimum absolute atomic E-state index is 0.0693. The Morgan fingerprint density at radius 1 is 0.982 bits per heavy atom. The molecule has 15 nitrogen and oxygen atoms in total. The van der Waals surface area contributed by atoms with Crippen molar-refractivity contribution < 1.29 is 42.8 Å². The zero-order chi connectivity index (χ0) is 39.3. The van der Waals surface area contributed by atoms with Crippen LogP contribution in [0.25, 0.3) is 5.95 Å². The van der Waals surface area contributed by atoms with Gasteiger partial charge in [-0.3, -0.25) is 10.2 Å². The second kappa shape index (κ2) is 19.1. The lowest BCUT2D eigenvalue weighted by Crippen LogP contribution is -2.30. The third-order valence-electron chi connectivity index (χ3n) is 8.13. The summed E-state index contributed by atoms with van der Waals surface area (Å²) < 4.78 is 45.2. The monoisotopic (exact) mass is 755 g/mol. The third kappa shape index (κ3) is 10.6. The van der Waals surface area contributed by atoms with Crippen molar-refractivity contribution in [1.29, 1.82) is 5.41 Å².